The molecule has 0 radical (unpaired) electrons. The minimum atomic E-state index is 0.119. The molecular weight excluding hydrogens is 369 g/mol. The van der Waals surface area contributed by atoms with Gasteiger partial charge in [-0.05, 0) is 49.1 Å². The highest BCUT2D eigenvalue weighted by atomic mass is 35.5. The van der Waals surface area contributed by atoms with E-state index in [-0.39, 0.29) is 12.6 Å². The van der Waals surface area contributed by atoms with Crippen LogP contribution < -0.4 is 4.90 Å². The number of anilines is 1. The molecule has 0 saturated carbocycles. The normalized spacial score (nSPS) is 17.8. The molecule has 0 aliphatic carbocycles. The Morgan fingerprint density at radius 2 is 1.92 bits per heavy atom. The maximum Gasteiger partial charge on any atom is 0.207 e. The first kappa shape index (κ1) is 17.7. The zero-order valence-electron chi connectivity index (χ0n) is 14.4. The first-order valence-corrected chi connectivity index (χ1v) is 9.69. The van der Waals surface area contributed by atoms with Crippen LogP contribution in [0.4, 0.5) is 5.95 Å². The van der Waals surface area contributed by atoms with Crippen LogP contribution in [0, 0.1) is 0 Å². The van der Waals surface area contributed by atoms with E-state index >= 15 is 0 Å². The van der Waals surface area contributed by atoms with Crippen LogP contribution in [0.3, 0.4) is 0 Å². The van der Waals surface area contributed by atoms with E-state index in [1.54, 1.807) is 0 Å². The minimum absolute atomic E-state index is 0.119. The van der Waals surface area contributed by atoms with E-state index in [9.17, 15) is 5.11 Å². The van der Waals surface area contributed by atoms with Crippen molar-refractivity contribution < 1.29 is 5.11 Å². The maximum absolute atomic E-state index is 9.83. The second-order valence-corrected chi connectivity index (χ2v) is 7.58. The summed E-state index contributed by atoms with van der Waals surface area (Å²) in [7, 11) is 0. The molecule has 136 valence electrons. The van der Waals surface area contributed by atoms with Gasteiger partial charge in [0.05, 0.1) is 40.3 Å². The SMILES string of the molecule is OC[C@H]1CCCCN1c1nc2ccccc2n1Cc1ccc(Cl)c(Cl)c1. The highest BCUT2D eigenvalue weighted by molar-refractivity contribution is 6.42. The molecule has 1 N–H and O–H groups in total. The number of fused-ring (bicyclic) bond motifs is 1. The fourth-order valence-electron chi connectivity index (χ4n) is 3.71. The quantitative estimate of drug-likeness (QED) is 0.700. The van der Waals surface area contributed by atoms with Gasteiger partial charge in [-0.15, -0.1) is 0 Å². The Morgan fingerprint density at radius 3 is 2.73 bits per heavy atom. The van der Waals surface area contributed by atoms with Crippen molar-refractivity contribution in [1.29, 1.82) is 0 Å². The predicted molar refractivity (Wildman–Crippen MR) is 107 cm³/mol. The third-order valence-corrected chi connectivity index (χ3v) is 5.79. The molecule has 1 fully saturated rings. The highest BCUT2D eigenvalue weighted by Crippen LogP contribution is 2.30. The van der Waals surface area contributed by atoms with Crippen molar-refractivity contribution in [2.75, 3.05) is 18.1 Å². The first-order valence-electron chi connectivity index (χ1n) is 8.94. The zero-order chi connectivity index (χ0) is 18.1. The van der Waals surface area contributed by atoms with Crippen molar-refractivity contribution >= 4 is 40.2 Å². The fourth-order valence-corrected chi connectivity index (χ4v) is 4.03. The van der Waals surface area contributed by atoms with Gasteiger partial charge in [-0.25, -0.2) is 4.98 Å². The summed E-state index contributed by atoms with van der Waals surface area (Å²) in [6.45, 7) is 1.72. The molecule has 0 unspecified atom stereocenters. The van der Waals surface area contributed by atoms with E-state index in [2.05, 4.69) is 15.5 Å². The maximum atomic E-state index is 9.83. The van der Waals surface area contributed by atoms with Crippen molar-refractivity contribution in [3.8, 4) is 0 Å². The number of imidazole rings is 1. The van der Waals surface area contributed by atoms with Crippen LogP contribution in [0.15, 0.2) is 42.5 Å². The monoisotopic (exact) mass is 389 g/mol. The number of benzene rings is 2. The van der Waals surface area contributed by atoms with E-state index in [1.807, 2.05) is 36.4 Å². The second-order valence-electron chi connectivity index (χ2n) is 6.76. The van der Waals surface area contributed by atoms with Crippen LogP contribution >= 0.6 is 23.2 Å². The first-order chi connectivity index (χ1) is 12.7. The van der Waals surface area contributed by atoms with Crippen molar-refractivity contribution in [3.63, 3.8) is 0 Å². The number of aromatic nitrogens is 2. The third-order valence-electron chi connectivity index (χ3n) is 5.05. The average molecular weight is 390 g/mol. The van der Waals surface area contributed by atoms with Gasteiger partial charge in [-0.2, -0.15) is 0 Å². The summed E-state index contributed by atoms with van der Waals surface area (Å²) < 4.78 is 2.21. The Labute approximate surface area is 163 Å². The number of rotatable bonds is 4. The molecule has 2 heterocycles. The summed E-state index contributed by atoms with van der Waals surface area (Å²) in [5.74, 6) is 0.913. The molecule has 1 aliphatic rings. The molecule has 3 aromatic rings. The predicted octanol–water partition coefficient (Wildman–Crippen LogP) is 4.74. The number of nitrogens with zero attached hydrogens (tertiary/aromatic N) is 3. The Hall–Kier alpha value is -1.75. The van der Waals surface area contributed by atoms with Crippen LogP contribution in [0.25, 0.3) is 11.0 Å². The zero-order valence-corrected chi connectivity index (χ0v) is 15.9. The molecule has 0 amide bonds. The molecule has 1 saturated heterocycles. The van der Waals surface area contributed by atoms with E-state index in [0.29, 0.717) is 16.6 Å². The van der Waals surface area contributed by atoms with Crippen molar-refractivity contribution in [1.82, 2.24) is 9.55 Å². The number of halogens is 2. The van der Waals surface area contributed by atoms with Gasteiger partial charge >= 0.3 is 0 Å². The Kier molecular flexibility index (Phi) is 5.07. The molecule has 4 rings (SSSR count). The van der Waals surface area contributed by atoms with E-state index in [0.717, 1.165) is 48.4 Å². The van der Waals surface area contributed by atoms with Gasteiger partial charge in [0.15, 0.2) is 0 Å². The number of piperidine rings is 1. The molecule has 6 heteroatoms. The van der Waals surface area contributed by atoms with Gasteiger partial charge in [0.25, 0.3) is 0 Å². The van der Waals surface area contributed by atoms with E-state index in [1.165, 1.54) is 0 Å². The van der Waals surface area contributed by atoms with Crippen LogP contribution in [0.5, 0.6) is 0 Å². The summed E-state index contributed by atoms with van der Waals surface area (Å²) in [5, 5.41) is 10.9. The van der Waals surface area contributed by atoms with E-state index < -0.39 is 0 Å². The summed E-state index contributed by atoms with van der Waals surface area (Å²) >= 11 is 12.3. The van der Waals surface area contributed by atoms with E-state index in [4.69, 9.17) is 28.2 Å². The lowest BCUT2D eigenvalue weighted by Crippen LogP contribution is -2.43. The summed E-state index contributed by atoms with van der Waals surface area (Å²) in [5.41, 5.74) is 3.11. The van der Waals surface area contributed by atoms with Gasteiger partial charge in [0, 0.05) is 6.54 Å². The molecule has 1 aliphatic heterocycles. The summed E-state index contributed by atoms with van der Waals surface area (Å²) in [6, 6.07) is 14.0. The second kappa shape index (κ2) is 7.47. The van der Waals surface area contributed by atoms with Crippen LogP contribution in [0.2, 0.25) is 10.0 Å². The van der Waals surface area contributed by atoms with Gasteiger partial charge in [-0.1, -0.05) is 41.4 Å². The Balaban J connectivity index is 1.79. The topological polar surface area (TPSA) is 41.3 Å². The van der Waals surface area contributed by atoms with Crippen LogP contribution in [-0.2, 0) is 6.54 Å². The van der Waals surface area contributed by atoms with Gasteiger partial charge in [0.2, 0.25) is 5.95 Å². The molecule has 26 heavy (non-hydrogen) atoms. The number of aliphatic hydroxyl groups excluding tert-OH is 1. The third kappa shape index (κ3) is 3.29. The Morgan fingerprint density at radius 1 is 1.08 bits per heavy atom. The smallest absolute Gasteiger partial charge is 0.207 e. The van der Waals surface area contributed by atoms with Crippen molar-refractivity contribution in [3.05, 3.63) is 58.1 Å². The highest BCUT2D eigenvalue weighted by Gasteiger charge is 2.26. The van der Waals surface area contributed by atoms with Crippen LogP contribution in [0.1, 0.15) is 24.8 Å². The standard InChI is InChI=1S/C20H21Cl2N3O/c21-16-9-8-14(11-17(16)22)12-25-19-7-2-1-6-18(19)23-20(25)24-10-4-3-5-15(24)13-26/h1-2,6-9,11,15,26H,3-5,10,12-13H2/t15-/m1/s1. The summed E-state index contributed by atoms with van der Waals surface area (Å²) in [4.78, 5) is 7.14. The molecule has 4 nitrogen and oxygen atoms in total. The molecule has 0 bridgehead atoms. The Bertz CT molecular complexity index is 925. The molecule has 1 atom stereocenters. The number of para-hydroxylation sites is 2. The molecular formula is C20H21Cl2N3O. The molecule has 0 spiro atoms. The fraction of sp³-hybridized carbons (Fsp3) is 0.350. The average Bonchev–Trinajstić information content (AvgIpc) is 3.03. The van der Waals surface area contributed by atoms with Gasteiger partial charge in [0.1, 0.15) is 0 Å². The van der Waals surface area contributed by atoms with Gasteiger partial charge < -0.3 is 14.6 Å². The van der Waals surface area contributed by atoms with Crippen LogP contribution in [-0.4, -0.2) is 33.9 Å². The van der Waals surface area contributed by atoms with Gasteiger partial charge in [-0.3, -0.25) is 0 Å². The lowest BCUT2D eigenvalue weighted by Gasteiger charge is -2.35. The minimum Gasteiger partial charge on any atom is -0.394 e. The summed E-state index contributed by atoms with van der Waals surface area (Å²) in [6.07, 6.45) is 3.26. The van der Waals surface area contributed by atoms with Crippen molar-refractivity contribution in [2.45, 2.75) is 31.8 Å². The number of hydrogen-bond donors (Lipinski definition) is 1. The molecule has 1 aromatic heterocycles. The lowest BCUT2D eigenvalue weighted by atomic mass is 10.0. The number of aliphatic hydroxyl groups is 1. The lowest BCUT2D eigenvalue weighted by molar-refractivity contribution is 0.238. The van der Waals surface area contributed by atoms with Crippen molar-refractivity contribution in [2.24, 2.45) is 0 Å². The molecule has 2 aromatic carbocycles. The number of hydrogen-bond acceptors (Lipinski definition) is 3. The largest absolute Gasteiger partial charge is 0.394 e.